The van der Waals surface area contributed by atoms with Crippen LogP contribution in [0.5, 0.6) is 0 Å². The molecule has 2 aliphatic heterocycles. The maximum Gasteiger partial charge on any atom is 0.243 e. The van der Waals surface area contributed by atoms with Crippen LogP contribution in [-0.4, -0.2) is 17.5 Å². The molecule has 1 aromatic carbocycles. The molecule has 2 saturated heterocycles. The van der Waals surface area contributed by atoms with E-state index >= 15 is 0 Å². The van der Waals surface area contributed by atoms with Crippen LogP contribution in [0.3, 0.4) is 0 Å². The lowest BCUT2D eigenvalue weighted by atomic mass is 9.17. The minimum atomic E-state index is -2.34. The van der Waals surface area contributed by atoms with Crippen LogP contribution < -0.4 is 10.0 Å². The predicted molar refractivity (Wildman–Crippen MR) is 112 cm³/mol. The summed E-state index contributed by atoms with van der Waals surface area (Å²) in [6.07, 6.45) is 9.61. The quantitative estimate of drug-likeness (QED) is 0.133. The molecule has 4 rings (SSSR count). The van der Waals surface area contributed by atoms with Gasteiger partial charge < -0.3 is 4.65 Å². The normalized spacial score (nSPS) is 25.3. The Hall–Kier alpha value is -1.90. The highest BCUT2D eigenvalue weighted by molar-refractivity contribution is 6.89. The summed E-state index contributed by atoms with van der Waals surface area (Å²) < 4.78 is 82.5. The highest BCUT2D eigenvalue weighted by atomic mass is 19.2. The van der Waals surface area contributed by atoms with Gasteiger partial charge in [-0.3, -0.25) is 0 Å². The van der Waals surface area contributed by atoms with Crippen LogP contribution in [-0.2, 0) is 17.7 Å². The number of rotatable bonds is 8. The fraction of sp³-hybridized carbons (Fsp3) is 0.609. The molecule has 0 atom stereocenters. The van der Waals surface area contributed by atoms with E-state index in [0.717, 1.165) is 32.4 Å². The zero-order valence-electron chi connectivity index (χ0n) is 18.4. The molecule has 32 heavy (non-hydrogen) atoms. The van der Waals surface area contributed by atoms with Crippen molar-refractivity contribution in [2.75, 3.05) is 6.61 Å². The smallest absolute Gasteiger partial charge is 0.243 e. The molecule has 0 saturated carbocycles. The van der Waals surface area contributed by atoms with Crippen LogP contribution in [0, 0.1) is 29.1 Å². The standard InChI is InChI=1S/C23H30BF5N2O/c1-2-30-12-13-31(15-30)11-3-4-14-32-24(16-7-5-8-17(24)10-6-9-16)18-19(25)21(27)23(29)22(28)20(18)26/h12-13,15-17H,2-11,14H2,1H3. The van der Waals surface area contributed by atoms with E-state index in [1.807, 2.05) is 18.7 Å². The third-order valence-electron chi connectivity index (χ3n) is 7.71. The summed E-state index contributed by atoms with van der Waals surface area (Å²) in [5.41, 5.74) is -0.690. The lowest BCUT2D eigenvalue weighted by Gasteiger charge is -2.59. The predicted octanol–water partition coefficient (Wildman–Crippen LogP) is 5.25. The van der Waals surface area contributed by atoms with Gasteiger partial charge in [-0.15, -0.1) is 17.1 Å². The number of fused-ring (bicyclic) bond motifs is 2. The number of nitrogens with zero attached hydrogens (tertiary/aromatic N) is 2. The van der Waals surface area contributed by atoms with Gasteiger partial charge in [-0.1, -0.05) is 38.5 Å². The summed E-state index contributed by atoms with van der Waals surface area (Å²) >= 11 is 0. The number of hydrogen-bond donors (Lipinski definition) is 0. The van der Waals surface area contributed by atoms with E-state index in [0.29, 0.717) is 32.1 Å². The molecule has 0 unspecified atom stereocenters. The monoisotopic (exact) mass is 456 g/mol. The SMILES string of the molecule is CCn1cc[n+](CCCCO[B-]2(c3c(F)c(F)c(F)c(F)c3F)C3CCCC2CCC3)c1. The van der Waals surface area contributed by atoms with Gasteiger partial charge in [0, 0.05) is 6.61 Å². The third kappa shape index (κ3) is 3.97. The number of aromatic nitrogens is 2. The lowest BCUT2D eigenvalue weighted by Crippen LogP contribution is -2.64. The Morgan fingerprint density at radius 2 is 1.47 bits per heavy atom. The van der Waals surface area contributed by atoms with Crippen molar-refractivity contribution in [3.63, 3.8) is 0 Å². The fourth-order valence-corrected chi connectivity index (χ4v) is 6.23. The highest BCUT2D eigenvalue weighted by Gasteiger charge is 2.50. The second-order valence-electron chi connectivity index (χ2n) is 9.34. The van der Waals surface area contributed by atoms with E-state index in [2.05, 4.69) is 16.1 Å². The topological polar surface area (TPSA) is 18.0 Å². The Bertz CT molecular complexity index is 915. The molecule has 176 valence electrons. The van der Waals surface area contributed by atoms with Crippen molar-refractivity contribution in [2.45, 2.75) is 83.0 Å². The van der Waals surface area contributed by atoms with Crippen LogP contribution in [0.2, 0.25) is 11.6 Å². The molecule has 0 aliphatic carbocycles. The van der Waals surface area contributed by atoms with Gasteiger partial charge in [0.15, 0.2) is 23.8 Å². The summed E-state index contributed by atoms with van der Waals surface area (Å²) in [5.74, 6) is -9.65. The van der Waals surface area contributed by atoms with Gasteiger partial charge in [-0.05, 0) is 19.8 Å². The number of imidazole rings is 1. The van der Waals surface area contributed by atoms with Gasteiger partial charge in [-0.2, -0.15) is 0 Å². The summed E-state index contributed by atoms with van der Waals surface area (Å²) in [6, 6.07) is 0. The average Bonchev–Trinajstić information content (AvgIpc) is 3.24. The maximum atomic E-state index is 15.0. The zero-order valence-corrected chi connectivity index (χ0v) is 18.4. The second kappa shape index (κ2) is 9.53. The number of benzene rings is 1. The summed E-state index contributed by atoms with van der Waals surface area (Å²) in [5, 5.41) is 0. The Kier molecular flexibility index (Phi) is 6.93. The zero-order chi connectivity index (χ0) is 22.9. The molecule has 2 aromatic rings. The average molecular weight is 456 g/mol. The number of unbranched alkanes of at least 4 members (excludes halogenated alkanes) is 1. The van der Waals surface area contributed by atoms with Crippen molar-refractivity contribution < 1.29 is 31.2 Å². The molecule has 0 amide bonds. The number of hydrogen-bond acceptors (Lipinski definition) is 1. The van der Waals surface area contributed by atoms with Crippen LogP contribution in [0.15, 0.2) is 18.7 Å². The largest absolute Gasteiger partial charge is 0.585 e. The summed E-state index contributed by atoms with van der Waals surface area (Å²) in [4.78, 5) is 0. The second-order valence-corrected chi connectivity index (χ2v) is 9.34. The molecule has 2 fully saturated rings. The molecule has 0 spiro atoms. The van der Waals surface area contributed by atoms with Gasteiger partial charge in [0.1, 0.15) is 24.0 Å². The molecule has 3 heterocycles. The Balaban J connectivity index is 1.58. The molecule has 1 aromatic heterocycles. The summed E-state index contributed by atoms with van der Waals surface area (Å²) in [6.45, 7) is 3.94. The van der Waals surface area contributed by atoms with E-state index in [9.17, 15) is 22.0 Å². The molecule has 0 radical (unpaired) electrons. The third-order valence-corrected chi connectivity index (χ3v) is 7.71. The van der Waals surface area contributed by atoms with E-state index in [4.69, 9.17) is 4.65 Å². The first-order valence-corrected chi connectivity index (χ1v) is 11.8. The molecule has 9 heteroatoms. The molecule has 2 bridgehead atoms. The molecular weight excluding hydrogens is 426 g/mol. The first-order valence-electron chi connectivity index (χ1n) is 11.8. The van der Waals surface area contributed by atoms with E-state index in [-0.39, 0.29) is 18.2 Å². The van der Waals surface area contributed by atoms with Crippen LogP contribution in [0.25, 0.3) is 0 Å². The first-order chi connectivity index (χ1) is 15.4. The van der Waals surface area contributed by atoms with Gasteiger partial charge in [0.25, 0.3) is 0 Å². The Labute approximate surface area is 185 Å². The number of halogens is 5. The van der Waals surface area contributed by atoms with Crippen molar-refractivity contribution in [3.8, 4) is 0 Å². The van der Waals surface area contributed by atoms with E-state index < -0.39 is 40.9 Å². The number of aryl methyl sites for hydroxylation is 2. The van der Waals surface area contributed by atoms with Gasteiger partial charge >= 0.3 is 0 Å². The van der Waals surface area contributed by atoms with Gasteiger partial charge in [0.05, 0.1) is 13.1 Å². The first kappa shape index (κ1) is 23.3. The van der Waals surface area contributed by atoms with Crippen molar-refractivity contribution >= 4 is 11.8 Å². The van der Waals surface area contributed by atoms with Crippen LogP contribution >= 0.6 is 0 Å². The highest BCUT2D eigenvalue weighted by Crippen LogP contribution is 2.53. The van der Waals surface area contributed by atoms with Crippen molar-refractivity contribution in [3.05, 3.63) is 47.8 Å². The van der Waals surface area contributed by atoms with Gasteiger partial charge in [-0.25, -0.2) is 31.1 Å². The minimum Gasteiger partial charge on any atom is -0.585 e. The van der Waals surface area contributed by atoms with E-state index in [1.54, 1.807) is 0 Å². The van der Waals surface area contributed by atoms with Crippen molar-refractivity contribution in [1.29, 1.82) is 0 Å². The minimum absolute atomic E-state index is 0.191. The Morgan fingerprint density at radius 3 is 2.00 bits per heavy atom. The van der Waals surface area contributed by atoms with Crippen molar-refractivity contribution in [1.82, 2.24) is 4.57 Å². The van der Waals surface area contributed by atoms with Crippen LogP contribution in [0.4, 0.5) is 22.0 Å². The van der Waals surface area contributed by atoms with Crippen LogP contribution in [0.1, 0.15) is 58.3 Å². The lowest BCUT2D eigenvalue weighted by molar-refractivity contribution is -0.696. The maximum absolute atomic E-state index is 15.0. The molecule has 3 nitrogen and oxygen atoms in total. The molecular formula is C23H30BF5N2O. The van der Waals surface area contributed by atoms with E-state index in [1.165, 1.54) is 0 Å². The summed E-state index contributed by atoms with van der Waals surface area (Å²) in [7, 11) is 0. The van der Waals surface area contributed by atoms with Crippen molar-refractivity contribution in [2.24, 2.45) is 0 Å². The Morgan fingerprint density at radius 1 is 0.906 bits per heavy atom. The van der Waals surface area contributed by atoms with Gasteiger partial charge in [0.2, 0.25) is 6.33 Å². The fourth-order valence-electron chi connectivity index (χ4n) is 6.23. The molecule has 0 N–H and O–H groups in total. The molecule has 2 aliphatic rings.